The van der Waals surface area contributed by atoms with Crippen LogP contribution in [0.5, 0.6) is 0 Å². The Labute approximate surface area is 147 Å². The predicted octanol–water partition coefficient (Wildman–Crippen LogP) is 2.29. The largest absolute Gasteiger partial charge is 0.348 e. The number of aryl methyl sites for hydroxylation is 1. The molecule has 0 unspecified atom stereocenters. The monoisotopic (exact) mass is 363 g/mol. The van der Waals surface area contributed by atoms with E-state index in [1.165, 1.54) is 6.92 Å². The Hall–Kier alpha value is -2.85. The van der Waals surface area contributed by atoms with Gasteiger partial charge in [-0.25, -0.2) is 4.98 Å². The van der Waals surface area contributed by atoms with E-state index in [4.69, 9.17) is 5.73 Å². The average molecular weight is 363 g/mol. The van der Waals surface area contributed by atoms with Crippen molar-refractivity contribution in [1.82, 2.24) is 4.98 Å². The number of nitrogens with one attached hydrogen (secondary N) is 2. The van der Waals surface area contributed by atoms with Crippen LogP contribution in [-0.2, 0) is 4.79 Å². The van der Waals surface area contributed by atoms with E-state index < -0.39 is 10.8 Å². The number of aromatic nitrogens is 1. The van der Waals surface area contributed by atoms with Gasteiger partial charge in [0.2, 0.25) is 5.91 Å². The fourth-order valence-corrected chi connectivity index (χ4v) is 2.82. The van der Waals surface area contributed by atoms with E-state index in [1.54, 1.807) is 24.3 Å². The molecule has 10 heteroatoms. The van der Waals surface area contributed by atoms with E-state index >= 15 is 0 Å². The van der Waals surface area contributed by atoms with Crippen molar-refractivity contribution in [1.29, 1.82) is 0 Å². The van der Waals surface area contributed by atoms with Crippen molar-refractivity contribution in [2.24, 2.45) is 5.73 Å². The van der Waals surface area contributed by atoms with Gasteiger partial charge in [-0.05, 0) is 43.4 Å². The first-order valence-electron chi connectivity index (χ1n) is 7.44. The van der Waals surface area contributed by atoms with Gasteiger partial charge in [0.1, 0.15) is 5.69 Å². The third-order valence-electron chi connectivity index (χ3n) is 3.21. The van der Waals surface area contributed by atoms with E-state index in [2.05, 4.69) is 15.6 Å². The highest BCUT2D eigenvalue weighted by Crippen LogP contribution is 2.30. The number of nitrogens with zero attached hydrogens (tertiary/aromatic N) is 2. The third kappa shape index (κ3) is 4.81. The molecule has 1 heterocycles. The summed E-state index contributed by atoms with van der Waals surface area (Å²) in [6, 6.07) is 6.49. The molecule has 0 saturated heterocycles. The van der Waals surface area contributed by atoms with Crippen molar-refractivity contribution in [2.45, 2.75) is 19.8 Å². The number of anilines is 2. The second-order valence-electron chi connectivity index (χ2n) is 5.11. The predicted molar refractivity (Wildman–Crippen MR) is 94.8 cm³/mol. The number of carbonyl (C=O) groups excluding carboxylic acids is 2. The molecule has 0 bridgehead atoms. The summed E-state index contributed by atoms with van der Waals surface area (Å²) in [6.07, 6.45) is 0.798. The summed E-state index contributed by atoms with van der Waals surface area (Å²) < 4.78 is 0. The second kappa shape index (κ2) is 8.31. The molecule has 0 aliphatic heterocycles. The Morgan fingerprint density at radius 3 is 2.68 bits per heavy atom. The Balaban J connectivity index is 2.15. The summed E-state index contributed by atoms with van der Waals surface area (Å²) in [5.74, 6) is -0.759. The second-order valence-corrected chi connectivity index (χ2v) is 6.08. The van der Waals surface area contributed by atoms with Crippen LogP contribution in [0.15, 0.2) is 24.3 Å². The zero-order valence-electron chi connectivity index (χ0n) is 13.4. The molecule has 132 valence electrons. The molecule has 9 nitrogen and oxygen atoms in total. The van der Waals surface area contributed by atoms with Crippen LogP contribution in [0.3, 0.4) is 0 Å². The van der Waals surface area contributed by atoms with E-state index in [1.807, 2.05) is 0 Å². The molecule has 2 amide bonds. The first-order chi connectivity index (χ1) is 11.9. The fourth-order valence-electron chi connectivity index (χ4n) is 2.04. The van der Waals surface area contributed by atoms with Gasteiger partial charge in [0.05, 0.1) is 16.2 Å². The molecule has 0 aliphatic carbocycles. The lowest BCUT2D eigenvalue weighted by Gasteiger charge is -2.10. The van der Waals surface area contributed by atoms with Crippen LogP contribution < -0.4 is 16.4 Å². The summed E-state index contributed by atoms with van der Waals surface area (Å²) in [5, 5.41) is 16.0. The highest BCUT2D eigenvalue weighted by Gasteiger charge is 2.20. The van der Waals surface area contributed by atoms with E-state index in [0.717, 1.165) is 11.3 Å². The molecule has 0 atom stereocenters. The molecular formula is C15H17N5O4S. The Bertz CT molecular complexity index is 805. The molecule has 1 aromatic carbocycles. The molecule has 25 heavy (non-hydrogen) atoms. The summed E-state index contributed by atoms with van der Waals surface area (Å²) in [7, 11) is 0. The summed E-state index contributed by atoms with van der Waals surface area (Å²) in [6.45, 7) is 1.90. The lowest BCUT2D eigenvalue weighted by Crippen LogP contribution is -2.18. The number of hydrogen-bond acceptors (Lipinski definition) is 7. The standard InChI is InChI=1S/C15H17N5O4S/c1-9-14(20(23)24)25-15(17-9)19-13(22)10-5-2-3-6-11(10)18-12(21)7-4-8-16/h2-3,5-6H,4,7-8,16H2,1H3,(H,18,21)(H,17,19,22). The van der Waals surface area contributed by atoms with Gasteiger partial charge >= 0.3 is 5.00 Å². The van der Waals surface area contributed by atoms with Crippen LogP contribution in [0.2, 0.25) is 0 Å². The molecule has 0 spiro atoms. The van der Waals surface area contributed by atoms with Gasteiger partial charge in [-0.1, -0.05) is 12.1 Å². The normalized spacial score (nSPS) is 10.3. The number of para-hydroxylation sites is 1. The minimum Gasteiger partial charge on any atom is -0.330 e. The van der Waals surface area contributed by atoms with Gasteiger partial charge in [0.25, 0.3) is 5.91 Å². The van der Waals surface area contributed by atoms with Crippen molar-refractivity contribution in [2.75, 3.05) is 17.2 Å². The van der Waals surface area contributed by atoms with Crippen LogP contribution in [0.1, 0.15) is 28.9 Å². The fraction of sp³-hybridized carbons (Fsp3) is 0.267. The van der Waals surface area contributed by atoms with Crippen molar-refractivity contribution in [3.63, 3.8) is 0 Å². The highest BCUT2D eigenvalue weighted by atomic mass is 32.1. The Morgan fingerprint density at radius 2 is 2.04 bits per heavy atom. The first-order valence-corrected chi connectivity index (χ1v) is 8.26. The number of rotatable bonds is 7. The number of nitro groups is 1. The lowest BCUT2D eigenvalue weighted by molar-refractivity contribution is -0.380. The van der Waals surface area contributed by atoms with Crippen molar-refractivity contribution >= 4 is 39.0 Å². The molecule has 0 fully saturated rings. The van der Waals surface area contributed by atoms with Gasteiger partial charge in [-0.2, -0.15) is 0 Å². The maximum atomic E-state index is 12.4. The van der Waals surface area contributed by atoms with Gasteiger partial charge in [0.15, 0.2) is 5.13 Å². The summed E-state index contributed by atoms with van der Waals surface area (Å²) in [4.78, 5) is 38.6. The third-order valence-corrected chi connectivity index (χ3v) is 4.24. The number of carbonyl (C=O) groups is 2. The van der Waals surface area contributed by atoms with Gasteiger partial charge < -0.3 is 11.1 Å². The summed E-state index contributed by atoms with van der Waals surface area (Å²) in [5.41, 5.74) is 6.19. The molecule has 0 aliphatic rings. The number of amides is 2. The molecule has 4 N–H and O–H groups in total. The van der Waals surface area contributed by atoms with E-state index in [-0.39, 0.29) is 33.7 Å². The van der Waals surface area contributed by atoms with Gasteiger partial charge in [-0.15, -0.1) is 0 Å². The molecule has 2 aromatic rings. The van der Waals surface area contributed by atoms with Crippen LogP contribution in [0.4, 0.5) is 15.8 Å². The zero-order valence-corrected chi connectivity index (χ0v) is 14.3. The summed E-state index contributed by atoms with van der Waals surface area (Å²) >= 11 is 0.778. The van der Waals surface area contributed by atoms with Gasteiger partial charge in [0, 0.05) is 6.42 Å². The topological polar surface area (TPSA) is 140 Å². The zero-order chi connectivity index (χ0) is 18.4. The minimum absolute atomic E-state index is 0.124. The highest BCUT2D eigenvalue weighted by molar-refractivity contribution is 7.19. The van der Waals surface area contributed by atoms with Crippen LogP contribution in [0.25, 0.3) is 0 Å². The Morgan fingerprint density at radius 1 is 1.32 bits per heavy atom. The maximum absolute atomic E-state index is 12.4. The number of hydrogen-bond donors (Lipinski definition) is 3. The van der Waals surface area contributed by atoms with Gasteiger partial charge in [-0.3, -0.25) is 25.0 Å². The average Bonchev–Trinajstić information content (AvgIpc) is 2.94. The number of benzene rings is 1. The molecule has 0 radical (unpaired) electrons. The SMILES string of the molecule is Cc1nc(NC(=O)c2ccccc2NC(=O)CCCN)sc1[N+](=O)[O-]. The maximum Gasteiger partial charge on any atom is 0.348 e. The molecule has 2 rings (SSSR count). The lowest BCUT2D eigenvalue weighted by atomic mass is 10.1. The Kier molecular flexibility index (Phi) is 6.14. The quantitative estimate of drug-likeness (QED) is 0.509. The van der Waals surface area contributed by atoms with Crippen molar-refractivity contribution in [3.8, 4) is 0 Å². The molecular weight excluding hydrogens is 346 g/mol. The van der Waals surface area contributed by atoms with Crippen molar-refractivity contribution < 1.29 is 14.5 Å². The minimum atomic E-state index is -0.547. The van der Waals surface area contributed by atoms with Crippen LogP contribution in [-0.4, -0.2) is 28.3 Å². The van der Waals surface area contributed by atoms with E-state index in [9.17, 15) is 19.7 Å². The smallest absolute Gasteiger partial charge is 0.330 e. The van der Waals surface area contributed by atoms with Crippen LogP contribution in [0, 0.1) is 17.0 Å². The van der Waals surface area contributed by atoms with Crippen molar-refractivity contribution in [3.05, 3.63) is 45.6 Å². The molecule has 1 aromatic heterocycles. The number of thiazole rings is 1. The first kappa shape index (κ1) is 18.5. The molecule has 0 saturated carbocycles. The number of nitrogens with two attached hydrogens (primary N) is 1. The van der Waals surface area contributed by atoms with Crippen LogP contribution >= 0.6 is 11.3 Å². The van der Waals surface area contributed by atoms with E-state index in [0.29, 0.717) is 18.7 Å².